The number of hydrogen-bond acceptors (Lipinski definition) is 8. The van der Waals surface area contributed by atoms with Gasteiger partial charge in [0, 0.05) is 18.9 Å². The Morgan fingerprint density at radius 1 is 1.19 bits per heavy atom. The molecule has 0 amide bonds. The number of anilines is 2. The molecule has 0 atom stereocenters. The van der Waals surface area contributed by atoms with Gasteiger partial charge in [0.2, 0.25) is 11.9 Å². The number of nitrogen functional groups attached to an aromatic ring is 1. The Hall–Kier alpha value is -2.26. The number of nitrogens with one attached hydrogen (secondary N) is 2. The van der Waals surface area contributed by atoms with E-state index in [0.29, 0.717) is 17.8 Å². The van der Waals surface area contributed by atoms with Crippen molar-refractivity contribution in [3.8, 4) is 5.95 Å². The number of nitrogens with zero attached hydrogens (tertiary/aromatic N) is 6. The predicted octanol–water partition coefficient (Wildman–Crippen LogP) is 0.0966. The zero-order valence-corrected chi connectivity index (χ0v) is 12.3. The van der Waals surface area contributed by atoms with E-state index in [-0.39, 0.29) is 0 Å². The summed E-state index contributed by atoms with van der Waals surface area (Å²) in [5, 5.41) is 7.27. The topological polar surface area (TPSA) is 110 Å². The quantitative estimate of drug-likeness (QED) is 0.357. The van der Waals surface area contributed by atoms with Gasteiger partial charge in [-0.3, -0.25) is 5.43 Å². The first-order valence-corrected chi connectivity index (χ1v) is 6.80. The molecule has 0 radical (unpaired) electrons. The molecule has 9 nitrogen and oxygen atoms in total. The van der Waals surface area contributed by atoms with Crippen LogP contribution in [0.5, 0.6) is 0 Å². The van der Waals surface area contributed by atoms with Crippen molar-refractivity contribution in [2.75, 3.05) is 37.9 Å². The lowest BCUT2D eigenvalue weighted by Crippen LogP contribution is -2.17. The number of hydrogen-bond donors (Lipinski definition) is 3. The highest BCUT2D eigenvalue weighted by atomic mass is 15.4. The molecule has 114 valence electrons. The Labute approximate surface area is 123 Å². The van der Waals surface area contributed by atoms with Gasteiger partial charge in [-0.05, 0) is 39.5 Å². The molecule has 0 spiro atoms. The van der Waals surface area contributed by atoms with E-state index in [0.717, 1.165) is 25.9 Å². The number of hydrazine groups is 1. The third kappa shape index (κ3) is 4.65. The second-order valence-electron chi connectivity index (χ2n) is 4.81. The molecule has 2 rings (SSSR count). The first kappa shape index (κ1) is 15.1. The van der Waals surface area contributed by atoms with Crippen LogP contribution in [0.2, 0.25) is 0 Å². The molecule has 0 aliphatic carbocycles. The van der Waals surface area contributed by atoms with Gasteiger partial charge >= 0.3 is 0 Å². The number of aromatic nitrogens is 5. The van der Waals surface area contributed by atoms with Crippen LogP contribution in [0.4, 0.5) is 11.9 Å². The van der Waals surface area contributed by atoms with Crippen molar-refractivity contribution in [3.05, 3.63) is 18.5 Å². The van der Waals surface area contributed by atoms with Gasteiger partial charge in [-0.25, -0.2) is 10.5 Å². The van der Waals surface area contributed by atoms with Gasteiger partial charge in [-0.15, -0.1) is 0 Å². The van der Waals surface area contributed by atoms with Crippen LogP contribution in [0, 0.1) is 0 Å². The molecule has 0 saturated heterocycles. The molecule has 2 heterocycles. The van der Waals surface area contributed by atoms with Crippen LogP contribution in [0.1, 0.15) is 12.8 Å². The predicted molar refractivity (Wildman–Crippen MR) is 81.0 cm³/mol. The Morgan fingerprint density at radius 2 is 2.00 bits per heavy atom. The van der Waals surface area contributed by atoms with E-state index < -0.39 is 0 Å². The molecule has 0 aliphatic heterocycles. The van der Waals surface area contributed by atoms with Gasteiger partial charge in [0.15, 0.2) is 0 Å². The van der Waals surface area contributed by atoms with Crippen molar-refractivity contribution in [2.45, 2.75) is 12.8 Å². The second-order valence-corrected chi connectivity index (χ2v) is 4.81. The lowest BCUT2D eigenvalue weighted by molar-refractivity contribution is 0.396. The molecule has 0 fully saturated rings. The second kappa shape index (κ2) is 7.50. The Balaban J connectivity index is 1.97. The van der Waals surface area contributed by atoms with E-state index in [1.54, 1.807) is 23.1 Å². The van der Waals surface area contributed by atoms with Gasteiger partial charge in [0.1, 0.15) is 0 Å². The first-order chi connectivity index (χ1) is 10.2. The fourth-order valence-corrected chi connectivity index (χ4v) is 1.75. The lowest BCUT2D eigenvalue weighted by atomic mass is 10.3. The maximum atomic E-state index is 5.38. The van der Waals surface area contributed by atoms with Crippen LogP contribution in [0.25, 0.3) is 5.95 Å². The average Bonchev–Trinajstić information content (AvgIpc) is 3.00. The van der Waals surface area contributed by atoms with E-state index in [9.17, 15) is 0 Å². The zero-order valence-electron chi connectivity index (χ0n) is 12.3. The maximum absolute atomic E-state index is 5.38. The van der Waals surface area contributed by atoms with Crippen molar-refractivity contribution in [1.29, 1.82) is 0 Å². The largest absolute Gasteiger partial charge is 0.354 e. The number of unbranched alkanes of at least 4 members (excludes halogenated alkanes) is 1. The summed E-state index contributed by atoms with van der Waals surface area (Å²) in [4.78, 5) is 14.8. The minimum atomic E-state index is 0.297. The van der Waals surface area contributed by atoms with E-state index >= 15 is 0 Å². The Morgan fingerprint density at radius 3 is 2.67 bits per heavy atom. The van der Waals surface area contributed by atoms with E-state index in [1.165, 1.54) is 0 Å². The molecule has 2 aromatic rings. The van der Waals surface area contributed by atoms with Gasteiger partial charge in [0.25, 0.3) is 5.95 Å². The molecule has 0 aromatic carbocycles. The Bertz CT molecular complexity index is 538. The number of nitrogens with two attached hydrogens (primary N) is 1. The SMILES string of the molecule is CN(C)CCCCNc1nc(NN)nc(-n2cccn2)n1. The van der Waals surface area contributed by atoms with Crippen molar-refractivity contribution in [3.63, 3.8) is 0 Å². The highest BCUT2D eigenvalue weighted by molar-refractivity contribution is 5.36. The summed E-state index contributed by atoms with van der Waals surface area (Å²) in [6, 6.07) is 1.80. The highest BCUT2D eigenvalue weighted by Crippen LogP contribution is 2.08. The van der Waals surface area contributed by atoms with Crippen LogP contribution in [-0.2, 0) is 0 Å². The third-order valence-corrected chi connectivity index (χ3v) is 2.78. The molecule has 9 heteroatoms. The average molecular weight is 291 g/mol. The van der Waals surface area contributed by atoms with E-state index in [1.807, 2.05) is 0 Å². The van der Waals surface area contributed by atoms with E-state index in [2.05, 4.69) is 49.8 Å². The third-order valence-electron chi connectivity index (χ3n) is 2.78. The molecule has 0 unspecified atom stereocenters. The standard InChI is InChI=1S/C12H21N9/c1-20(2)8-4-3-6-14-10-16-11(19-13)18-12(17-10)21-9-5-7-15-21/h5,7,9H,3-4,6,8,13H2,1-2H3,(H2,14,16,17,18,19). The highest BCUT2D eigenvalue weighted by Gasteiger charge is 2.07. The first-order valence-electron chi connectivity index (χ1n) is 6.80. The molecule has 21 heavy (non-hydrogen) atoms. The summed E-state index contributed by atoms with van der Waals surface area (Å²) in [7, 11) is 4.13. The van der Waals surface area contributed by atoms with Crippen LogP contribution in [0.15, 0.2) is 18.5 Å². The molecule has 0 bridgehead atoms. The number of rotatable bonds is 8. The van der Waals surface area contributed by atoms with Gasteiger partial charge in [-0.1, -0.05) is 0 Å². The minimum absolute atomic E-state index is 0.297. The lowest BCUT2D eigenvalue weighted by Gasteiger charge is -2.10. The molecule has 2 aromatic heterocycles. The summed E-state index contributed by atoms with van der Waals surface area (Å²) >= 11 is 0. The summed E-state index contributed by atoms with van der Waals surface area (Å²) < 4.78 is 1.56. The van der Waals surface area contributed by atoms with Gasteiger partial charge in [-0.2, -0.15) is 20.1 Å². The van der Waals surface area contributed by atoms with Gasteiger partial charge < -0.3 is 10.2 Å². The van der Waals surface area contributed by atoms with Crippen LogP contribution in [0.3, 0.4) is 0 Å². The van der Waals surface area contributed by atoms with Crippen molar-refractivity contribution in [1.82, 2.24) is 29.6 Å². The molecule has 4 N–H and O–H groups in total. The summed E-state index contributed by atoms with van der Waals surface area (Å²) in [6.45, 7) is 1.85. The molecule has 0 saturated carbocycles. The monoisotopic (exact) mass is 291 g/mol. The summed E-state index contributed by atoms with van der Waals surface area (Å²) in [5.41, 5.74) is 2.44. The smallest absolute Gasteiger partial charge is 0.257 e. The Kier molecular flexibility index (Phi) is 5.41. The van der Waals surface area contributed by atoms with Crippen LogP contribution in [-0.4, -0.2) is 56.8 Å². The van der Waals surface area contributed by atoms with Gasteiger partial charge in [0.05, 0.1) is 0 Å². The summed E-state index contributed by atoms with van der Waals surface area (Å²) in [5.74, 6) is 6.58. The van der Waals surface area contributed by atoms with Crippen molar-refractivity contribution in [2.24, 2.45) is 5.84 Å². The van der Waals surface area contributed by atoms with Crippen LogP contribution >= 0.6 is 0 Å². The van der Waals surface area contributed by atoms with E-state index in [4.69, 9.17) is 5.84 Å². The normalized spacial score (nSPS) is 10.9. The molecule has 0 aliphatic rings. The molecular formula is C12H21N9. The fraction of sp³-hybridized carbons (Fsp3) is 0.500. The molecular weight excluding hydrogens is 270 g/mol. The fourth-order valence-electron chi connectivity index (χ4n) is 1.75. The van der Waals surface area contributed by atoms with Crippen LogP contribution < -0.4 is 16.6 Å². The van der Waals surface area contributed by atoms with Crippen molar-refractivity contribution >= 4 is 11.9 Å². The van der Waals surface area contributed by atoms with Crippen molar-refractivity contribution < 1.29 is 0 Å². The summed E-state index contributed by atoms with van der Waals surface area (Å²) in [6.07, 6.45) is 5.57. The maximum Gasteiger partial charge on any atom is 0.257 e. The minimum Gasteiger partial charge on any atom is -0.354 e. The zero-order chi connectivity index (χ0) is 15.1.